The van der Waals surface area contributed by atoms with Crippen LogP contribution < -0.4 is 0 Å². The van der Waals surface area contributed by atoms with E-state index in [-0.39, 0.29) is 0 Å². The standard InChI is InChI=1S/C16H11BrClN/c17-16-9-2-1-6-14(16)7-4-10-19-12-13-5-3-8-15(18)11-13/h1-3,5-6,8-9,11-12H,10H2. The van der Waals surface area contributed by atoms with Crippen molar-refractivity contribution in [1.82, 2.24) is 0 Å². The fourth-order valence-electron chi connectivity index (χ4n) is 1.48. The Hall–Kier alpha value is -1.56. The highest BCUT2D eigenvalue weighted by Gasteiger charge is 1.91. The van der Waals surface area contributed by atoms with Gasteiger partial charge in [0, 0.05) is 21.3 Å². The Morgan fingerprint density at radius 3 is 2.79 bits per heavy atom. The van der Waals surface area contributed by atoms with Crippen molar-refractivity contribution in [2.24, 2.45) is 4.99 Å². The highest BCUT2D eigenvalue weighted by Crippen LogP contribution is 2.14. The van der Waals surface area contributed by atoms with Crippen LogP contribution in [0.1, 0.15) is 11.1 Å². The summed E-state index contributed by atoms with van der Waals surface area (Å²) in [6.07, 6.45) is 1.78. The van der Waals surface area contributed by atoms with Gasteiger partial charge in [0.1, 0.15) is 6.54 Å². The molecule has 94 valence electrons. The van der Waals surface area contributed by atoms with Gasteiger partial charge in [-0.05, 0) is 45.8 Å². The van der Waals surface area contributed by atoms with Crippen LogP contribution in [0, 0.1) is 11.8 Å². The summed E-state index contributed by atoms with van der Waals surface area (Å²) < 4.78 is 1.00. The average molecular weight is 333 g/mol. The monoisotopic (exact) mass is 331 g/mol. The van der Waals surface area contributed by atoms with Gasteiger partial charge in [-0.1, -0.05) is 47.7 Å². The predicted molar refractivity (Wildman–Crippen MR) is 84.9 cm³/mol. The minimum Gasteiger partial charge on any atom is -0.280 e. The van der Waals surface area contributed by atoms with E-state index in [2.05, 4.69) is 32.8 Å². The molecule has 0 unspecified atom stereocenters. The van der Waals surface area contributed by atoms with Gasteiger partial charge in [0.2, 0.25) is 0 Å². The first kappa shape index (κ1) is 13.9. The minimum atomic E-state index is 0.466. The molecule has 0 atom stereocenters. The number of halogens is 2. The number of aliphatic imine (C=N–C) groups is 1. The van der Waals surface area contributed by atoms with Gasteiger partial charge < -0.3 is 0 Å². The van der Waals surface area contributed by atoms with Crippen molar-refractivity contribution in [2.75, 3.05) is 6.54 Å². The lowest BCUT2D eigenvalue weighted by atomic mass is 10.2. The van der Waals surface area contributed by atoms with E-state index in [1.54, 1.807) is 6.21 Å². The van der Waals surface area contributed by atoms with Gasteiger partial charge in [-0.15, -0.1) is 0 Å². The van der Waals surface area contributed by atoms with E-state index >= 15 is 0 Å². The highest BCUT2D eigenvalue weighted by atomic mass is 79.9. The maximum Gasteiger partial charge on any atom is 0.100 e. The lowest BCUT2D eigenvalue weighted by Gasteiger charge is -1.93. The smallest absolute Gasteiger partial charge is 0.100 e. The Bertz CT molecular complexity index is 653. The first-order valence-corrected chi connectivity index (χ1v) is 6.91. The lowest BCUT2D eigenvalue weighted by Crippen LogP contribution is -1.82. The molecule has 0 spiro atoms. The zero-order chi connectivity index (χ0) is 13.5. The van der Waals surface area contributed by atoms with Crippen LogP contribution in [0.2, 0.25) is 5.02 Å². The summed E-state index contributed by atoms with van der Waals surface area (Å²) in [6, 6.07) is 15.4. The minimum absolute atomic E-state index is 0.466. The molecule has 0 aliphatic rings. The molecule has 19 heavy (non-hydrogen) atoms. The van der Waals surface area contributed by atoms with Crippen molar-refractivity contribution in [3.63, 3.8) is 0 Å². The molecule has 0 radical (unpaired) electrons. The van der Waals surface area contributed by atoms with Gasteiger partial charge >= 0.3 is 0 Å². The maximum atomic E-state index is 5.89. The predicted octanol–water partition coefficient (Wildman–Crippen LogP) is 4.57. The third kappa shape index (κ3) is 4.55. The summed E-state index contributed by atoms with van der Waals surface area (Å²) in [6.45, 7) is 0.466. The molecule has 0 bridgehead atoms. The van der Waals surface area contributed by atoms with Crippen LogP contribution in [0.3, 0.4) is 0 Å². The van der Waals surface area contributed by atoms with E-state index in [0.29, 0.717) is 11.6 Å². The Kier molecular flexibility index (Phi) is 5.20. The van der Waals surface area contributed by atoms with E-state index < -0.39 is 0 Å². The number of rotatable bonds is 2. The number of benzene rings is 2. The summed E-state index contributed by atoms with van der Waals surface area (Å²) >= 11 is 9.34. The molecular weight excluding hydrogens is 322 g/mol. The highest BCUT2D eigenvalue weighted by molar-refractivity contribution is 9.10. The van der Waals surface area contributed by atoms with Crippen LogP contribution in [0.5, 0.6) is 0 Å². The fourth-order valence-corrected chi connectivity index (χ4v) is 2.06. The molecule has 0 aliphatic heterocycles. The number of nitrogens with zero attached hydrogens (tertiary/aromatic N) is 1. The van der Waals surface area contributed by atoms with Crippen LogP contribution in [-0.4, -0.2) is 12.8 Å². The van der Waals surface area contributed by atoms with Crippen LogP contribution in [0.15, 0.2) is 58.0 Å². The second kappa shape index (κ2) is 7.13. The van der Waals surface area contributed by atoms with Crippen molar-refractivity contribution in [1.29, 1.82) is 0 Å². The van der Waals surface area contributed by atoms with E-state index in [9.17, 15) is 0 Å². The Morgan fingerprint density at radius 1 is 1.16 bits per heavy atom. The van der Waals surface area contributed by atoms with Gasteiger partial charge in [-0.3, -0.25) is 4.99 Å². The normalized spacial score (nSPS) is 10.2. The summed E-state index contributed by atoms with van der Waals surface area (Å²) in [4.78, 5) is 4.25. The molecule has 0 saturated heterocycles. The van der Waals surface area contributed by atoms with E-state index in [1.807, 2.05) is 48.5 Å². The third-order valence-corrected chi connectivity index (χ3v) is 3.28. The van der Waals surface area contributed by atoms with Crippen molar-refractivity contribution < 1.29 is 0 Å². The molecule has 0 N–H and O–H groups in total. The van der Waals surface area contributed by atoms with Crippen molar-refractivity contribution in [3.8, 4) is 11.8 Å². The van der Waals surface area contributed by atoms with Crippen LogP contribution in [-0.2, 0) is 0 Å². The molecule has 0 fully saturated rings. The first-order valence-electron chi connectivity index (χ1n) is 5.74. The van der Waals surface area contributed by atoms with Crippen molar-refractivity contribution in [3.05, 3.63) is 69.2 Å². The molecule has 0 heterocycles. The Labute approximate surface area is 126 Å². The van der Waals surface area contributed by atoms with Crippen molar-refractivity contribution in [2.45, 2.75) is 0 Å². The molecular formula is C16H11BrClN. The number of hydrogen-bond acceptors (Lipinski definition) is 1. The molecule has 2 aromatic carbocycles. The molecule has 0 aromatic heterocycles. The quantitative estimate of drug-likeness (QED) is 0.564. The fraction of sp³-hybridized carbons (Fsp3) is 0.0625. The maximum absolute atomic E-state index is 5.89. The topological polar surface area (TPSA) is 12.4 Å². The van der Waals surface area contributed by atoms with E-state index in [1.165, 1.54) is 0 Å². The number of hydrogen-bond donors (Lipinski definition) is 0. The molecule has 0 amide bonds. The van der Waals surface area contributed by atoms with Gasteiger partial charge in [0.15, 0.2) is 0 Å². The first-order chi connectivity index (χ1) is 9.25. The Morgan fingerprint density at radius 2 is 2.00 bits per heavy atom. The molecule has 1 nitrogen and oxygen atoms in total. The molecule has 3 heteroatoms. The van der Waals surface area contributed by atoms with Crippen LogP contribution in [0.4, 0.5) is 0 Å². The second-order valence-electron chi connectivity index (χ2n) is 3.81. The SMILES string of the molecule is Clc1cccc(C=NCC#Cc2ccccc2Br)c1. The zero-order valence-electron chi connectivity index (χ0n) is 10.1. The summed E-state index contributed by atoms with van der Waals surface area (Å²) in [5.74, 6) is 6.09. The largest absolute Gasteiger partial charge is 0.280 e. The summed E-state index contributed by atoms with van der Waals surface area (Å²) in [5.41, 5.74) is 1.95. The van der Waals surface area contributed by atoms with Crippen molar-refractivity contribution >= 4 is 33.7 Å². The summed E-state index contributed by atoms with van der Waals surface area (Å²) in [5, 5.41) is 0.711. The molecule has 2 aromatic rings. The second-order valence-corrected chi connectivity index (χ2v) is 5.10. The lowest BCUT2D eigenvalue weighted by molar-refractivity contribution is 1.30. The zero-order valence-corrected chi connectivity index (χ0v) is 12.4. The van der Waals surface area contributed by atoms with Gasteiger partial charge in [-0.2, -0.15) is 0 Å². The van der Waals surface area contributed by atoms with E-state index in [4.69, 9.17) is 11.6 Å². The van der Waals surface area contributed by atoms with Crippen LogP contribution >= 0.6 is 27.5 Å². The van der Waals surface area contributed by atoms with Crippen LogP contribution in [0.25, 0.3) is 0 Å². The summed E-state index contributed by atoms with van der Waals surface area (Å²) in [7, 11) is 0. The third-order valence-electron chi connectivity index (χ3n) is 2.36. The van der Waals surface area contributed by atoms with Gasteiger partial charge in [0.25, 0.3) is 0 Å². The molecule has 0 saturated carbocycles. The molecule has 0 aliphatic carbocycles. The average Bonchev–Trinajstić information content (AvgIpc) is 2.40. The Balaban J connectivity index is 1.96. The van der Waals surface area contributed by atoms with E-state index in [0.717, 1.165) is 15.6 Å². The van der Waals surface area contributed by atoms with Gasteiger partial charge in [-0.25, -0.2) is 0 Å². The molecule has 2 rings (SSSR count). The van der Waals surface area contributed by atoms with Gasteiger partial charge in [0.05, 0.1) is 0 Å².